The Bertz CT molecular complexity index is 561. The van der Waals surface area contributed by atoms with Crippen LogP contribution in [0.4, 0.5) is 4.39 Å². The molecule has 0 saturated heterocycles. The molecule has 16 heavy (non-hydrogen) atoms. The van der Waals surface area contributed by atoms with E-state index in [0.29, 0.717) is 9.99 Å². The average molecular weight is 350 g/mol. The lowest BCUT2D eigenvalue weighted by Gasteiger charge is -2.12. The van der Waals surface area contributed by atoms with Crippen LogP contribution < -0.4 is 0 Å². The number of rotatable bonds is 1. The van der Waals surface area contributed by atoms with Gasteiger partial charge in [0.15, 0.2) is 5.82 Å². The van der Waals surface area contributed by atoms with E-state index in [1.165, 1.54) is 6.07 Å². The molecule has 0 unspecified atom stereocenters. The summed E-state index contributed by atoms with van der Waals surface area (Å²) in [5.41, 5.74) is 1.22. The summed E-state index contributed by atoms with van der Waals surface area (Å²) in [6.45, 7) is 6.00. The molecule has 0 aliphatic carbocycles. The summed E-state index contributed by atoms with van der Waals surface area (Å²) in [7, 11) is 0. The van der Waals surface area contributed by atoms with E-state index in [2.05, 4.69) is 50.7 Å². The molecule has 0 bridgehead atoms. The van der Waals surface area contributed by atoms with Gasteiger partial charge in [0, 0.05) is 10.5 Å². The number of fused-ring (bicyclic) bond motifs is 1. The third-order valence-corrected chi connectivity index (χ3v) is 4.46. The first kappa shape index (κ1) is 12.0. The lowest BCUT2D eigenvalue weighted by atomic mass is 10.3. The molecular weight excluding hydrogens is 339 g/mol. The normalized spacial score (nSPS) is 11.7. The van der Waals surface area contributed by atoms with Crippen molar-refractivity contribution in [1.82, 2.24) is 9.55 Å². The Morgan fingerprint density at radius 2 is 2.00 bits per heavy atom. The van der Waals surface area contributed by atoms with E-state index in [4.69, 9.17) is 0 Å². The Balaban J connectivity index is 2.97. The maximum absolute atomic E-state index is 13.8. The van der Waals surface area contributed by atoms with Crippen molar-refractivity contribution in [3.05, 3.63) is 26.7 Å². The summed E-state index contributed by atoms with van der Waals surface area (Å²) in [6, 6.07) is 1.68. The van der Waals surface area contributed by atoms with Gasteiger partial charge in [0.2, 0.25) is 0 Å². The number of halogens is 3. The molecule has 86 valence electrons. The molecule has 1 aromatic carbocycles. The molecule has 0 fully saturated rings. The van der Waals surface area contributed by atoms with Crippen LogP contribution >= 0.6 is 31.9 Å². The van der Waals surface area contributed by atoms with Crippen molar-refractivity contribution in [2.75, 3.05) is 0 Å². The highest BCUT2D eigenvalue weighted by Gasteiger charge is 2.18. The molecule has 0 atom stereocenters. The first-order valence-corrected chi connectivity index (χ1v) is 6.54. The number of nitrogens with zero attached hydrogens (tertiary/aromatic N) is 2. The Hall–Kier alpha value is -0.420. The van der Waals surface area contributed by atoms with E-state index in [0.717, 1.165) is 15.8 Å². The second kappa shape index (κ2) is 4.11. The van der Waals surface area contributed by atoms with Crippen molar-refractivity contribution >= 4 is 42.9 Å². The Morgan fingerprint density at radius 1 is 1.38 bits per heavy atom. The molecule has 0 aliphatic heterocycles. The molecule has 2 aromatic rings. The number of hydrogen-bond acceptors (Lipinski definition) is 1. The number of aryl methyl sites for hydroxylation is 1. The number of imidazole rings is 1. The third kappa shape index (κ3) is 1.70. The summed E-state index contributed by atoms with van der Waals surface area (Å²) < 4.78 is 17.3. The van der Waals surface area contributed by atoms with Gasteiger partial charge in [0.1, 0.15) is 11.3 Å². The quantitative estimate of drug-likeness (QED) is 0.688. The molecule has 0 radical (unpaired) electrons. The van der Waals surface area contributed by atoms with E-state index >= 15 is 0 Å². The summed E-state index contributed by atoms with van der Waals surface area (Å²) in [5, 5.41) is 0. The molecule has 2 nitrogen and oxygen atoms in total. The van der Waals surface area contributed by atoms with Crippen LogP contribution in [0.3, 0.4) is 0 Å². The maximum Gasteiger partial charge on any atom is 0.152 e. The van der Waals surface area contributed by atoms with Crippen LogP contribution in [0.25, 0.3) is 11.0 Å². The van der Waals surface area contributed by atoms with E-state index in [1.54, 1.807) is 0 Å². The van der Waals surface area contributed by atoms with E-state index in [-0.39, 0.29) is 11.9 Å². The Labute approximate surface area is 110 Å². The predicted molar refractivity (Wildman–Crippen MR) is 70.2 cm³/mol. The lowest BCUT2D eigenvalue weighted by molar-refractivity contribution is 0.599. The summed E-state index contributed by atoms with van der Waals surface area (Å²) >= 11 is 6.80. The summed E-state index contributed by atoms with van der Waals surface area (Å²) in [6.07, 6.45) is 0. The van der Waals surface area contributed by atoms with Gasteiger partial charge in [-0.25, -0.2) is 9.37 Å². The van der Waals surface area contributed by atoms with Gasteiger partial charge in [-0.1, -0.05) is 0 Å². The molecule has 0 saturated carbocycles. The molecule has 1 heterocycles. The van der Waals surface area contributed by atoms with Crippen LogP contribution in [0.1, 0.15) is 25.7 Å². The van der Waals surface area contributed by atoms with E-state index < -0.39 is 0 Å². The van der Waals surface area contributed by atoms with Gasteiger partial charge in [-0.2, -0.15) is 0 Å². The standard InChI is InChI=1S/C11H11Br2FN2/c1-5(2)16-6(3)15-10-8(14)4-7(12)9(13)11(10)16/h4-5H,1-3H3. The molecule has 5 heteroatoms. The molecule has 0 aliphatic rings. The monoisotopic (exact) mass is 348 g/mol. The molecule has 0 spiro atoms. The van der Waals surface area contributed by atoms with Crippen molar-refractivity contribution in [2.45, 2.75) is 26.8 Å². The maximum atomic E-state index is 13.8. The van der Waals surface area contributed by atoms with Crippen LogP contribution in [-0.2, 0) is 0 Å². The van der Waals surface area contributed by atoms with Crippen molar-refractivity contribution in [3.63, 3.8) is 0 Å². The summed E-state index contributed by atoms with van der Waals surface area (Å²) in [5.74, 6) is 0.523. The Morgan fingerprint density at radius 3 is 2.56 bits per heavy atom. The fourth-order valence-electron chi connectivity index (χ4n) is 1.91. The minimum atomic E-state index is -0.299. The SMILES string of the molecule is Cc1nc2c(F)cc(Br)c(Br)c2n1C(C)C. The number of aromatic nitrogens is 2. The first-order chi connectivity index (χ1) is 7.43. The fourth-order valence-corrected chi connectivity index (χ4v) is 2.79. The van der Waals surface area contributed by atoms with Gasteiger partial charge < -0.3 is 4.57 Å². The first-order valence-electron chi connectivity index (χ1n) is 4.95. The fraction of sp³-hybridized carbons (Fsp3) is 0.364. The zero-order valence-electron chi connectivity index (χ0n) is 9.18. The van der Waals surface area contributed by atoms with Crippen LogP contribution in [-0.4, -0.2) is 9.55 Å². The zero-order valence-corrected chi connectivity index (χ0v) is 12.4. The van der Waals surface area contributed by atoms with E-state index in [1.807, 2.05) is 11.5 Å². The molecule has 0 N–H and O–H groups in total. The van der Waals surface area contributed by atoms with Crippen LogP contribution in [0.15, 0.2) is 15.0 Å². The highest BCUT2D eigenvalue weighted by Crippen LogP contribution is 2.35. The highest BCUT2D eigenvalue weighted by molar-refractivity contribution is 9.13. The highest BCUT2D eigenvalue weighted by atomic mass is 79.9. The lowest BCUT2D eigenvalue weighted by Crippen LogP contribution is -2.03. The summed E-state index contributed by atoms with van der Waals surface area (Å²) in [4.78, 5) is 4.27. The van der Waals surface area contributed by atoms with Gasteiger partial charge in [-0.05, 0) is 58.7 Å². The van der Waals surface area contributed by atoms with Crippen molar-refractivity contribution in [3.8, 4) is 0 Å². The molecule has 0 amide bonds. The van der Waals surface area contributed by atoms with Gasteiger partial charge in [-0.3, -0.25) is 0 Å². The number of hydrogen-bond donors (Lipinski definition) is 0. The molecule has 2 rings (SSSR count). The van der Waals surface area contributed by atoms with E-state index in [9.17, 15) is 4.39 Å². The van der Waals surface area contributed by atoms with Crippen LogP contribution in [0, 0.1) is 12.7 Å². The number of benzene rings is 1. The average Bonchev–Trinajstić information content (AvgIpc) is 2.53. The van der Waals surface area contributed by atoms with Crippen molar-refractivity contribution in [2.24, 2.45) is 0 Å². The van der Waals surface area contributed by atoms with Crippen LogP contribution in [0.5, 0.6) is 0 Å². The topological polar surface area (TPSA) is 17.8 Å². The smallest absolute Gasteiger partial charge is 0.152 e. The molecule has 1 aromatic heterocycles. The van der Waals surface area contributed by atoms with Crippen molar-refractivity contribution < 1.29 is 4.39 Å². The molecular formula is C11H11Br2FN2. The minimum Gasteiger partial charge on any atom is -0.325 e. The minimum absolute atomic E-state index is 0.245. The predicted octanol–water partition coefficient (Wildman–Crippen LogP) is 4.59. The Kier molecular flexibility index (Phi) is 3.09. The van der Waals surface area contributed by atoms with Crippen LogP contribution in [0.2, 0.25) is 0 Å². The van der Waals surface area contributed by atoms with Gasteiger partial charge in [0.05, 0.1) is 9.99 Å². The largest absolute Gasteiger partial charge is 0.325 e. The third-order valence-electron chi connectivity index (χ3n) is 2.50. The van der Waals surface area contributed by atoms with Gasteiger partial charge in [-0.15, -0.1) is 0 Å². The van der Waals surface area contributed by atoms with Gasteiger partial charge >= 0.3 is 0 Å². The van der Waals surface area contributed by atoms with Gasteiger partial charge in [0.25, 0.3) is 0 Å². The zero-order chi connectivity index (χ0) is 12.0. The second-order valence-electron chi connectivity index (χ2n) is 3.97. The van der Waals surface area contributed by atoms with Crippen molar-refractivity contribution in [1.29, 1.82) is 0 Å². The second-order valence-corrected chi connectivity index (χ2v) is 5.62.